The van der Waals surface area contributed by atoms with Crippen LogP contribution in [0.15, 0.2) is 12.3 Å². The number of aliphatic carboxylic acids is 1. The first kappa shape index (κ1) is 9.05. The first-order chi connectivity index (χ1) is 6.68. The molecule has 5 heteroatoms. The van der Waals surface area contributed by atoms with Crippen molar-refractivity contribution in [1.82, 2.24) is 9.78 Å². The van der Waals surface area contributed by atoms with Gasteiger partial charge in [0.05, 0.1) is 18.2 Å². The Morgan fingerprint density at radius 1 is 1.64 bits per heavy atom. The molecule has 1 aliphatic carbocycles. The van der Waals surface area contributed by atoms with Gasteiger partial charge in [-0.15, -0.1) is 0 Å². The first-order valence-electron chi connectivity index (χ1n) is 4.70. The van der Waals surface area contributed by atoms with E-state index < -0.39 is 5.97 Å². The Bertz CT molecular complexity index is 348. The molecule has 2 atom stereocenters. The minimum Gasteiger partial charge on any atom is -0.481 e. The second kappa shape index (κ2) is 3.32. The summed E-state index contributed by atoms with van der Waals surface area (Å²) in [7, 11) is 0. The summed E-state index contributed by atoms with van der Waals surface area (Å²) in [5.74, 6) is -0.331. The van der Waals surface area contributed by atoms with E-state index in [1.165, 1.54) is 0 Å². The van der Waals surface area contributed by atoms with Gasteiger partial charge in [-0.1, -0.05) is 0 Å². The number of nitrogens with zero attached hydrogens (tertiary/aromatic N) is 2. The lowest BCUT2D eigenvalue weighted by molar-refractivity contribution is -0.141. The van der Waals surface area contributed by atoms with Crippen LogP contribution in [0.3, 0.4) is 0 Å². The Kier molecular flexibility index (Phi) is 2.15. The molecule has 1 aromatic rings. The standard InChI is InChI=1S/C9H13N3O2/c10-8-3-4-11-12(8)7-2-1-6(5-7)9(13)14/h3-4,6-7H,1-2,5,10H2,(H,13,14). The van der Waals surface area contributed by atoms with Crippen molar-refractivity contribution in [3.8, 4) is 0 Å². The molecule has 1 fully saturated rings. The quantitative estimate of drug-likeness (QED) is 0.734. The van der Waals surface area contributed by atoms with E-state index in [0.717, 1.165) is 12.8 Å². The second-order valence-electron chi connectivity index (χ2n) is 3.70. The smallest absolute Gasteiger partial charge is 0.306 e. The van der Waals surface area contributed by atoms with Crippen molar-refractivity contribution < 1.29 is 9.90 Å². The number of nitrogens with two attached hydrogens (primary N) is 1. The van der Waals surface area contributed by atoms with Crippen LogP contribution in [0.2, 0.25) is 0 Å². The fourth-order valence-electron chi connectivity index (χ4n) is 2.03. The van der Waals surface area contributed by atoms with Crippen LogP contribution in [0.5, 0.6) is 0 Å². The Balaban J connectivity index is 2.10. The zero-order valence-corrected chi connectivity index (χ0v) is 7.76. The van der Waals surface area contributed by atoms with E-state index in [4.69, 9.17) is 10.8 Å². The van der Waals surface area contributed by atoms with Crippen molar-refractivity contribution in [1.29, 1.82) is 0 Å². The minimum absolute atomic E-state index is 0.158. The molecule has 5 nitrogen and oxygen atoms in total. The molecule has 3 N–H and O–H groups in total. The first-order valence-corrected chi connectivity index (χ1v) is 4.70. The average molecular weight is 195 g/mol. The number of hydrogen-bond acceptors (Lipinski definition) is 3. The van der Waals surface area contributed by atoms with Crippen molar-refractivity contribution in [2.45, 2.75) is 25.3 Å². The molecule has 14 heavy (non-hydrogen) atoms. The van der Waals surface area contributed by atoms with E-state index in [2.05, 4.69) is 5.10 Å². The number of carbonyl (C=O) groups is 1. The number of carboxylic acids is 1. The fourth-order valence-corrected chi connectivity index (χ4v) is 2.03. The SMILES string of the molecule is Nc1ccnn1C1CCC(C(=O)O)C1. The highest BCUT2D eigenvalue weighted by Gasteiger charge is 2.31. The lowest BCUT2D eigenvalue weighted by Crippen LogP contribution is -2.13. The zero-order valence-electron chi connectivity index (χ0n) is 7.76. The fraction of sp³-hybridized carbons (Fsp3) is 0.556. The van der Waals surface area contributed by atoms with E-state index >= 15 is 0 Å². The highest BCUT2D eigenvalue weighted by molar-refractivity contribution is 5.70. The maximum atomic E-state index is 10.7. The largest absolute Gasteiger partial charge is 0.481 e. The van der Waals surface area contributed by atoms with Crippen molar-refractivity contribution in [2.24, 2.45) is 5.92 Å². The number of rotatable bonds is 2. The molecule has 0 aliphatic heterocycles. The van der Waals surface area contributed by atoms with E-state index in [1.807, 2.05) is 0 Å². The number of carboxylic acid groups (broad SMARTS) is 1. The van der Waals surface area contributed by atoms with Crippen LogP contribution in [0.1, 0.15) is 25.3 Å². The summed E-state index contributed by atoms with van der Waals surface area (Å²) < 4.78 is 1.73. The van der Waals surface area contributed by atoms with Crippen LogP contribution in [-0.4, -0.2) is 20.9 Å². The molecule has 0 aromatic carbocycles. The van der Waals surface area contributed by atoms with Crippen molar-refractivity contribution in [3.63, 3.8) is 0 Å². The van der Waals surface area contributed by atoms with Gasteiger partial charge in [-0.2, -0.15) is 5.10 Å². The molecule has 1 saturated carbocycles. The molecule has 0 saturated heterocycles. The maximum absolute atomic E-state index is 10.7. The van der Waals surface area contributed by atoms with Crippen molar-refractivity contribution in [2.75, 3.05) is 5.73 Å². The number of aromatic nitrogens is 2. The summed E-state index contributed by atoms with van der Waals surface area (Å²) >= 11 is 0. The van der Waals surface area contributed by atoms with Crippen LogP contribution >= 0.6 is 0 Å². The van der Waals surface area contributed by atoms with Crippen molar-refractivity contribution >= 4 is 11.8 Å². The Labute approximate surface area is 81.5 Å². The molecule has 0 bridgehead atoms. The molecule has 1 aromatic heterocycles. The monoisotopic (exact) mass is 195 g/mol. The van der Waals surface area contributed by atoms with Gasteiger partial charge >= 0.3 is 5.97 Å². The number of nitrogen functional groups attached to an aromatic ring is 1. The maximum Gasteiger partial charge on any atom is 0.306 e. The zero-order chi connectivity index (χ0) is 10.1. The number of anilines is 1. The molecule has 76 valence electrons. The summed E-state index contributed by atoms with van der Waals surface area (Å²) in [6.45, 7) is 0. The molecule has 0 spiro atoms. The molecule has 0 amide bonds. The van der Waals surface area contributed by atoms with E-state index in [9.17, 15) is 4.79 Å². The summed E-state index contributed by atoms with van der Waals surface area (Å²) in [5, 5.41) is 12.9. The summed E-state index contributed by atoms with van der Waals surface area (Å²) in [4.78, 5) is 10.7. The molecular formula is C9H13N3O2. The Morgan fingerprint density at radius 3 is 2.93 bits per heavy atom. The second-order valence-corrected chi connectivity index (χ2v) is 3.70. The molecule has 2 rings (SSSR count). The van der Waals surface area contributed by atoms with Crippen LogP contribution in [0, 0.1) is 5.92 Å². The predicted octanol–water partition coefficient (Wildman–Crippen LogP) is 0.891. The van der Waals surface area contributed by atoms with Gasteiger partial charge in [0.25, 0.3) is 0 Å². The van der Waals surface area contributed by atoms with Gasteiger partial charge in [-0.05, 0) is 25.3 Å². The van der Waals surface area contributed by atoms with Gasteiger partial charge in [-0.25, -0.2) is 4.68 Å². The van der Waals surface area contributed by atoms with Gasteiger partial charge in [0.15, 0.2) is 0 Å². The topological polar surface area (TPSA) is 81.1 Å². The van der Waals surface area contributed by atoms with Crippen LogP contribution < -0.4 is 5.73 Å². The van der Waals surface area contributed by atoms with Crippen LogP contribution in [-0.2, 0) is 4.79 Å². The highest BCUT2D eigenvalue weighted by atomic mass is 16.4. The lowest BCUT2D eigenvalue weighted by Gasteiger charge is -2.11. The third-order valence-electron chi connectivity index (χ3n) is 2.80. The highest BCUT2D eigenvalue weighted by Crippen LogP contribution is 2.35. The third-order valence-corrected chi connectivity index (χ3v) is 2.80. The van der Waals surface area contributed by atoms with E-state index in [1.54, 1.807) is 16.9 Å². The van der Waals surface area contributed by atoms with Crippen molar-refractivity contribution in [3.05, 3.63) is 12.3 Å². The van der Waals surface area contributed by atoms with Gasteiger partial charge < -0.3 is 10.8 Å². The Hall–Kier alpha value is -1.52. The number of hydrogen-bond donors (Lipinski definition) is 2. The minimum atomic E-state index is -0.710. The summed E-state index contributed by atoms with van der Waals surface area (Å²) in [6.07, 6.45) is 3.85. The molecule has 1 aliphatic rings. The van der Waals surface area contributed by atoms with Crippen LogP contribution in [0.4, 0.5) is 5.82 Å². The Morgan fingerprint density at radius 2 is 2.43 bits per heavy atom. The average Bonchev–Trinajstić information content (AvgIpc) is 2.71. The third kappa shape index (κ3) is 1.45. The summed E-state index contributed by atoms with van der Waals surface area (Å²) in [5.41, 5.74) is 5.69. The van der Waals surface area contributed by atoms with E-state index in [-0.39, 0.29) is 12.0 Å². The molecule has 0 radical (unpaired) electrons. The molecule has 1 heterocycles. The van der Waals surface area contributed by atoms with Gasteiger partial charge in [-0.3, -0.25) is 4.79 Å². The molecular weight excluding hydrogens is 182 g/mol. The summed E-state index contributed by atoms with van der Waals surface area (Å²) in [6, 6.07) is 1.89. The van der Waals surface area contributed by atoms with E-state index in [0.29, 0.717) is 12.2 Å². The normalized spacial score (nSPS) is 26.6. The lowest BCUT2D eigenvalue weighted by atomic mass is 10.1. The van der Waals surface area contributed by atoms with Crippen LogP contribution in [0.25, 0.3) is 0 Å². The van der Waals surface area contributed by atoms with Gasteiger partial charge in [0.1, 0.15) is 5.82 Å². The predicted molar refractivity (Wildman–Crippen MR) is 50.7 cm³/mol. The molecule has 2 unspecified atom stereocenters. The van der Waals surface area contributed by atoms with Gasteiger partial charge in [0.2, 0.25) is 0 Å². The van der Waals surface area contributed by atoms with Gasteiger partial charge in [0, 0.05) is 0 Å².